The third kappa shape index (κ3) is 3.96. The zero-order valence-corrected chi connectivity index (χ0v) is 9.41. The van der Waals surface area contributed by atoms with E-state index in [0.717, 1.165) is 0 Å². The molecule has 0 bridgehead atoms. The van der Waals surface area contributed by atoms with Crippen molar-refractivity contribution in [2.45, 2.75) is 30.3 Å². The van der Waals surface area contributed by atoms with Crippen LogP contribution in [0.4, 0.5) is 43.9 Å². The normalized spacial score (nSPS) is 15.8. The summed E-state index contributed by atoms with van der Waals surface area (Å²) >= 11 is 0. The minimum absolute atomic E-state index is 2.35. The number of hydrogen-bond acceptors (Lipinski definition) is 2. The van der Waals surface area contributed by atoms with Crippen molar-refractivity contribution in [2.75, 3.05) is 0 Å². The van der Waals surface area contributed by atoms with Gasteiger partial charge in [-0.15, -0.1) is 0 Å². The molecule has 0 atom stereocenters. The Morgan fingerprint density at radius 3 is 1.15 bits per heavy atom. The van der Waals surface area contributed by atoms with Crippen LogP contribution in [0.15, 0.2) is 0 Å². The summed E-state index contributed by atoms with van der Waals surface area (Å²) in [5.41, 5.74) is 0. The molecule has 20 heavy (non-hydrogen) atoms. The molecule has 122 valence electrons. The molecule has 0 saturated carbocycles. The molecule has 0 fully saturated rings. The Bertz CT molecular complexity index is 367. The largest absolute Gasteiger partial charge is 0.470 e. The quantitative estimate of drug-likeness (QED) is 0.606. The number of phosphoric ester groups is 1. The van der Waals surface area contributed by atoms with E-state index in [1.54, 1.807) is 0 Å². The summed E-state index contributed by atoms with van der Waals surface area (Å²) in [5.74, 6) is -13.8. The number of hydrogen-bond donors (Lipinski definition) is 2. The molecule has 0 saturated heterocycles. The summed E-state index contributed by atoms with van der Waals surface area (Å²) in [4.78, 5) is 15.9. The summed E-state index contributed by atoms with van der Waals surface area (Å²) in [7, 11) is -6.51. The smallest absolute Gasteiger partial charge is 0.303 e. The van der Waals surface area contributed by atoms with E-state index in [9.17, 15) is 48.5 Å². The molecule has 0 aromatic heterocycles. The van der Waals surface area contributed by atoms with E-state index in [4.69, 9.17) is 9.79 Å². The lowest BCUT2D eigenvalue weighted by Gasteiger charge is -2.34. The van der Waals surface area contributed by atoms with Gasteiger partial charge in [-0.05, 0) is 0 Å². The molecule has 0 heterocycles. The predicted octanol–water partition coefficient (Wildman–Crippen LogP) is 2.86. The second-order valence-corrected chi connectivity index (χ2v) is 4.41. The van der Waals surface area contributed by atoms with E-state index in [-0.39, 0.29) is 0 Å². The van der Waals surface area contributed by atoms with Crippen LogP contribution in [-0.4, -0.2) is 40.1 Å². The van der Waals surface area contributed by atoms with Crippen molar-refractivity contribution < 1.29 is 62.8 Å². The summed E-state index contributed by atoms with van der Waals surface area (Å²) < 4.78 is 133. The summed E-state index contributed by atoms with van der Waals surface area (Å²) in [6.07, 6.45) is -19.4. The van der Waals surface area contributed by atoms with Gasteiger partial charge in [0.05, 0.1) is 0 Å². The zero-order valence-electron chi connectivity index (χ0n) is 8.52. The van der Waals surface area contributed by atoms with Crippen LogP contribution in [-0.2, 0) is 9.09 Å². The first kappa shape index (κ1) is 19.4. The van der Waals surface area contributed by atoms with Crippen LogP contribution in [0.25, 0.3) is 0 Å². The van der Waals surface area contributed by atoms with Gasteiger partial charge in [0.2, 0.25) is 6.10 Å². The van der Waals surface area contributed by atoms with E-state index in [1.807, 2.05) is 0 Å². The van der Waals surface area contributed by atoms with Gasteiger partial charge in [0.25, 0.3) is 0 Å². The molecule has 0 aromatic carbocycles. The van der Waals surface area contributed by atoms with Crippen molar-refractivity contribution in [2.24, 2.45) is 0 Å². The number of alkyl halides is 10. The maximum atomic E-state index is 12.6. The van der Waals surface area contributed by atoms with E-state index < -0.39 is 38.1 Å². The molecular formula is C5H3F10O4P. The standard InChI is InChI=1S/C5H3F10O4P/c6-2(7,4(10,11)12)1(19-20(16,17)18)3(8,9)5(13,14)15/h1H,(H2,16,17,18). The van der Waals surface area contributed by atoms with Crippen LogP contribution in [0.1, 0.15) is 0 Å². The Morgan fingerprint density at radius 1 is 0.750 bits per heavy atom. The fourth-order valence-electron chi connectivity index (χ4n) is 0.795. The SMILES string of the molecule is O=P(O)(O)OC(C(F)(F)C(F)(F)F)C(F)(F)C(F)(F)F. The van der Waals surface area contributed by atoms with E-state index in [2.05, 4.69) is 4.52 Å². The maximum absolute atomic E-state index is 12.6. The van der Waals surface area contributed by atoms with Gasteiger partial charge in [0.15, 0.2) is 0 Å². The van der Waals surface area contributed by atoms with Gasteiger partial charge >= 0.3 is 32.0 Å². The molecule has 0 amide bonds. The molecule has 0 aliphatic rings. The monoisotopic (exact) mass is 348 g/mol. The molecule has 0 aromatic rings. The van der Waals surface area contributed by atoms with E-state index in [1.165, 1.54) is 0 Å². The molecule has 0 spiro atoms. The van der Waals surface area contributed by atoms with Crippen LogP contribution in [0.2, 0.25) is 0 Å². The zero-order chi connectivity index (χ0) is 16.8. The van der Waals surface area contributed by atoms with Crippen LogP contribution >= 0.6 is 7.82 Å². The fraction of sp³-hybridized carbons (Fsp3) is 1.00. The molecular weight excluding hydrogens is 345 g/mol. The van der Waals surface area contributed by atoms with Crippen LogP contribution in [0.5, 0.6) is 0 Å². The number of phosphoric acid groups is 1. The van der Waals surface area contributed by atoms with E-state index in [0.29, 0.717) is 0 Å². The summed E-state index contributed by atoms with van der Waals surface area (Å²) in [6, 6.07) is 0. The summed E-state index contributed by atoms with van der Waals surface area (Å²) in [5, 5.41) is 0. The Kier molecular flexibility index (Phi) is 4.85. The van der Waals surface area contributed by atoms with Gasteiger partial charge in [-0.25, -0.2) is 4.57 Å². The Morgan fingerprint density at radius 2 is 1.00 bits per heavy atom. The van der Waals surface area contributed by atoms with Gasteiger partial charge < -0.3 is 9.79 Å². The Balaban J connectivity index is 5.95. The maximum Gasteiger partial charge on any atom is 0.470 e. The van der Waals surface area contributed by atoms with Gasteiger partial charge in [-0.3, -0.25) is 4.52 Å². The lowest BCUT2D eigenvalue weighted by atomic mass is 10.1. The van der Waals surface area contributed by atoms with Gasteiger partial charge in [-0.2, -0.15) is 43.9 Å². The van der Waals surface area contributed by atoms with Crippen molar-refractivity contribution in [3.8, 4) is 0 Å². The first-order chi connectivity index (χ1) is 8.34. The average Bonchev–Trinajstić information content (AvgIpc) is 2.08. The van der Waals surface area contributed by atoms with Crippen molar-refractivity contribution in [1.82, 2.24) is 0 Å². The highest BCUT2D eigenvalue weighted by atomic mass is 31.2. The molecule has 4 nitrogen and oxygen atoms in total. The van der Waals surface area contributed by atoms with Crippen molar-refractivity contribution in [3.05, 3.63) is 0 Å². The lowest BCUT2D eigenvalue weighted by molar-refractivity contribution is -0.380. The molecule has 15 heteroatoms. The fourth-order valence-corrected chi connectivity index (χ4v) is 1.33. The third-order valence-corrected chi connectivity index (χ3v) is 2.14. The molecule has 0 radical (unpaired) electrons. The van der Waals surface area contributed by atoms with Crippen LogP contribution in [0.3, 0.4) is 0 Å². The predicted molar refractivity (Wildman–Crippen MR) is 38.9 cm³/mol. The first-order valence-electron chi connectivity index (χ1n) is 3.97. The topological polar surface area (TPSA) is 66.8 Å². The van der Waals surface area contributed by atoms with Crippen LogP contribution in [0, 0.1) is 0 Å². The molecule has 0 rings (SSSR count). The highest BCUT2D eigenvalue weighted by Crippen LogP contribution is 2.54. The average molecular weight is 348 g/mol. The van der Waals surface area contributed by atoms with Crippen molar-refractivity contribution in [1.29, 1.82) is 0 Å². The van der Waals surface area contributed by atoms with Gasteiger partial charge in [0, 0.05) is 0 Å². The Labute approximate surface area is 102 Å². The van der Waals surface area contributed by atoms with Gasteiger partial charge in [0.1, 0.15) is 0 Å². The second-order valence-electron chi connectivity index (χ2n) is 3.22. The van der Waals surface area contributed by atoms with Gasteiger partial charge in [-0.1, -0.05) is 0 Å². The molecule has 0 aliphatic carbocycles. The first-order valence-corrected chi connectivity index (χ1v) is 5.50. The highest BCUT2D eigenvalue weighted by Gasteiger charge is 2.78. The van der Waals surface area contributed by atoms with Crippen LogP contribution < -0.4 is 0 Å². The third-order valence-electron chi connectivity index (χ3n) is 1.66. The Hall–Kier alpha value is -0.590. The molecule has 0 aliphatic heterocycles. The van der Waals surface area contributed by atoms with E-state index >= 15 is 0 Å². The molecule has 2 N–H and O–H groups in total. The minimum Gasteiger partial charge on any atom is -0.303 e. The molecule has 0 unspecified atom stereocenters. The summed E-state index contributed by atoms with van der Waals surface area (Å²) in [6.45, 7) is 0. The van der Waals surface area contributed by atoms with Crippen molar-refractivity contribution >= 4 is 7.82 Å². The lowest BCUT2D eigenvalue weighted by Crippen LogP contribution is -2.61. The number of rotatable bonds is 4. The van der Waals surface area contributed by atoms with Crippen molar-refractivity contribution in [3.63, 3.8) is 0 Å². The highest BCUT2D eigenvalue weighted by molar-refractivity contribution is 7.46. The minimum atomic E-state index is -6.97. The second kappa shape index (κ2) is 5.00. The number of halogens is 10.